The van der Waals surface area contributed by atoms with Crippen molar-refractivity contribution in [3.05, 3.63) is 41.2 Å². The Bertz CT molecular complexity index is 854. The summed E-state index contributed by atoms with van der Waals surface area (Å²) >= 11 is 0. The standard InChI is InChI=1S/C15H20N4O3S/c1-10-14(11(2)19(5)17-10)15(20)16-12-7-6-8-13(9-12)23(21,22)18(3)4/h6-9H,1-5H3,(H,16,20). The molecule has 1 N–H and O–H groups in total. The van der Waals surface area contributed by atoms with Gasteiger partial charge >= 0.3 is 0 Å². The van der Waals surface area contributed by atoms with Gasteiger partial charge in [-0.25, -0.2) is 12.7 Å². The Morgan fingerprint density at radius 2 is 1.91 bits per heavy atom. The van der Waals surface area contributed by atoms with Crippen molar-refractivity contribution in [3.63, 3.8) is 0 Å². The molecule has 8 heteroatoms. The number of carbonyl (C=O) groups excluding carboxylic acids is 1. The molecular weight excluding hydrogens is 316 g/mol. The lowest BCUT2D eigenvalue weighted by Gasteiger charge is -2.12. The molecule has 23 heavy (non-hydrogen) atoms. The molecule has 124 valence electrons. The summed E-state index contributed by atoms with van der Waals surface area (Å²) in [4.78, 5) is 12.6. The summed E-state index contributed by atoms with van der Waals surface area (Å²) in [6.07, 6.45) is 0. The minimum atomic E-state index is -3.55. The van der Waals surface area contributed by atoms with E-state index in [-0.39, 0.29) is 10.8 Å². The fraction of sp³-hybridized carbons (Fsp3) is 0.333. The van der Waals surface area contributed by atoms with Crippen molar-refractivity contribution in [3.8, 4) is 0 Å². The molecule has 1 aromatic carbocycles. The van der Waals surface area contributed by atoms with Crippen LogP contribution < -0.4 is 5.32 Å². The number of nitrogens with zero attached hydrogens (tertiary/aromatic N) is 3. The molecule has 0 spiro atoms. The largest absolute Gasteiger partial charge is 0.322 e. The van der Waals surface area contributed by atoms with Gasteiger partial charge in [-0.2, -0.15) is 5.10 Å². The molecule has 0 bridgehead atoms. The molecule has 0 saturated heterocycles. The zero-order valence-electron chi connectivity index (χ0n) is 13.8. The van der Waals surface area contributed by atoms with Crippen LogP contribution >= 0.6 is 0 Å². The monoisotopic (exact) mass is 336 g/mol. The lowest BCUT2D eigenvalue weighted by molar-refractivity contribution is 0.102. The average molecular weight is 336 g/mol. The maximum atomic E-state index is 12.4. The van der Waals surface area contributed by atoms with Gasteiger partial charge in [0.1, 0.15) is 0 Å². The quantitative estimate of drug-likeness (QED) is 0.918. The minimum Gasteiger partial charge on any atom is -0.322 e. The van der Waals surface area contributed by atoms with Crippen molar-refractivity contribution in [1.82, 2.24) is 14.1 Å². The summed E-state index contributed by atoms with van der Waals surface area (Å²) in [6, 6.07) is 6.17. The Morgan fingerprint density at radius 1 is 1.26 bits per heavy atom. The summed E-state index contributed by atoms with van der Waals surface area (Å²) < 4.78 is 27.1. The summed E-state index contributed by atoms with van der Waals surface area (Å²) in [7, 11) is 1.14. The molecule has 2 rings (SSSR count). The highest BCUT2D eigenvalue weighted by atomic mass is 32.2. The molecule has 0 aliphatic carbocycles. The third-order valence-electron chi connectivity index (χ3n) is 3.61. The molecule has 1 heterocycles. The number of rotatable bonds is 4. The first-order valence-electron chi connectivity index (χ1n) is 6.98. The SMILES string of the molecule is Cc1nn(C)c(C)c1C(=O)Nc1cccc(S(=O)(=O)N(C)C)c1. The van der Waals surface area contributed by atoms with E-state index in [0.717, 1.165) is 10.00 Å². The van der Waals surface area contributed by atoms with Gasteiger partial charge in [0.25, 0.3) is 5.91 Å². The zero-order valence-corrected chi connectivity index (χ0v) is 14.6. The molecule has 0 unspecified atom stereocenters. The molecule has 0 aliphatic rings. The fourth-order valence-corrected chi connectivity index (χ4v) is 3.19. The van der Waals surface area contributed by atoms with E-state index in [4.69, 9.17) is 0 Å². The Balaban J connectivity index is 2.33. The summed E-state index contributed by atoms with van der Waals surface area (Å²) in [6.45, 7) is 3.57. The van der Waals surface area contributed by atoms with E-state index in [2.05, 4.69) is 10.4 Å². The van der Waals surface area contributed by atoms with Gasteiger partial charge in [-0.1, -0.05) is 6.07 Å². The first kappa shape index (κ1) is 17.2. The van der Waals surface area contributed by atoms with Crippen molar-refractivity contribution >= 4 is 21.6 Å². The lowest BCUT2D eigenvalue weighted by atomic mass is 10.2. The third kappa shape index (κ3) is 3.27. The van der Waals surface area contributed by atoms with Crippen LogP contribution in [0.1, 0.15) is 21.7 Å². The number of aromatic nitrogens is 2. The summed E-state index contributed by atoms with van der Waals surface area (Å²) in [5.74, 6) is -0.312. The number of nitrogens with one attached hydrogen (secondary N) is 1. The van der Waals surface area contributed by atoms with Crippen molar-refractivity contribution in [2.45, 2.75) is 18.7 Å². The highest BCUT2D eigenvalue weighted by molar-refractivity contribution is 7.89. The number of aryl methyl sites for hydroxylation is 2. The molecule has 7 nitrogen and oxygen atoms in total. The molecule has 0 fully saturated rings. The van der Waals surface area contributed by atoms with Gasteiger partial charge in [0.15, 0.2) is 0 Å². The van der Waals surface area contributed by atoms with Gasteiger partial charge in [0, 0.05) is 32.5 Å². The van der Waals surface area contributed by atoms with Crippen LogP contribution in [-0.2, 0) is 17.1 Å². The number of hydrogen-bond acceptors (Lipinski definition) is 4. The van der Waals surface area contributed by atoms with Crippen LogP contribution in [0.3, 0.4) is 0 Å². The van der Waals surface area contributed by atoms with Crippen molar-refractivity contribution < 1.29 is 13.2 Å². The molecule has 1 aromatic heterocycles. The van der Waals surface area contributed by atoms with E-state index in [1.54, 1.807) is 30.8 Å². The second-order valence-electron chi connectivity index (χ2n) is 5.44. The highest BCUT2D eigenvalue weighted by Crippen LogP contribution is 2.20. The highest BCUT2D eigenvalue weighted by Gasteiger charge is 2.20. The minimum absolute atomic E-state index is 0.125. The second kappa shape index (κ2) is 6.13. The predicted octanol–water partition coefficient (Wildman–Crippen LogP) is 1.54. The van der Waals surface area contributed by atoms with Gasteiger partial charge < -0.3 is 5.32 Å². The number of amides is 1. The van der Waals surface area contributed by atoms with Crippen molar-refractivity contribution in [2.75, 3.05) is 19.4 Å². The van der Waals surface area contributed by atoms with Crippen molar-refractivity contribution in [2.24, 2.45) is 7.05 Å². The predicted molar refractivity (Wildman–Crippen MR) is 88.0 cm³/mol. The van der Waals surface area contributed by atoms with E-state index in [1.165, 1.54) is 26.2 Å². The second-order valence-corrected chi connectivity index (χ2v) is 7.59. The van der Waals surface area contributed by atoms with Crippen LogP contribution in [0.2, 0.25) is 0 Å². The zero-order chi connectivity index (χ0) is 17.4. The Kier molecular flexibility index (Phi) is 4.58. The van der Waals surface area contributed by atoms with Crippen molar-refractivity contribution in [1.29, 1.82) is 0 Å². The molecule has 0 saturated carbocycles. The number of anilines is 1. The van der Waals surface area contributed by atoms with Gasteiger partial charge in [0.05, 0.1) is 16.2 Å². The normalized spacial score (nSPS) is 11.7. The summed E-state index contributed by atoms with van der Waals surface area (Å²) in [5, 5.41) is 6.94. The molecule has 2 aromatic rings. The number of benzene rings is 1. The summed E-state index contributed by atoms with van der Waals surface area (Å²) in [5.41, 5.74) is 2.28. The van der Waals surface area contributed by atoms with Gasteiger partial charge in [0.2, 0.25) is 10.0 Å². The molecule has 0 atom stereocenters. The van der Waals surface area contributed by atoms with E-state index >= 15 is 0 Å². The maximum absolute atomic E-state index is 12.4. The van der Waals surface area contributed by atoms with Crippen LogP contribution in [0.15, 0.2) is 29.2 Å². The van der Waals surface area contributed by atoms with Crippen LogP contribution in [0, 0.1) is 13.8 Å². The van der Waals surface area contributed by atoms with E-state index in [0.29, 0.717) is 16.9 Å². The van der Waals surface area contributed by atoms with Crippen LogP contribution in [0.25, 0.3) is 0 Å². The first-order valence-corrected chi connectivity index (χ1v) is 8.42. The van der Waals surface area contributed by atoms with Crippen LogP contribution in [0.5, 0.6) is 0 Å². The maximum Gasteiger partial charge on any atom is 0.259 e. The van der Waals surface area contributed by atoms with E-state index in [9.17, 15) is 13.2 Å². The first-order chi connectivity index (χ1) is 10.6. The van der Waals surface area contributed by atoms with E-state index in [1.807, 2.05) is 6.92 Å². The Labute approximate surface area is 136 Å². The average Bonchev–Trinajstić information content (AvgIpc) is 2.72. The Hall–Kier alpha value is -2.19. The van der Waals surface area contributed by atoms with Gasteiger partial charge in [-0.3, -0.25) is 9.48 Å². The van der Waals surface area contributed by atoms with Crippen LogP contribution in [0.4, 0.5) is 5.69 Å². The smallest absolute Gasteiger partial charge is 0.259 e. The molecule has 1 amide bonds. The molecule has 0 aliphatic heterocycles. The van der Waals surface area contributed by atoms with Crippen LogP contribution in [-0.4, -0.2) is 42.5 Å². The molecular formula is C15H20N4O3S. The number of carbonyl (C=O) groups is 1. The number of hydrogen-bond donors (Lipinski definition) is 1. The molecule has 0 radical (unpaired) electrons. The topological polar surface area (TPSA) is 84.3 Å². The Morgan fingerprint density at radius 3 is 2.43 bits per heavy atom. The van der Waals surface area contributed by atoms with Gasteiger partial charge in [-0.15, -0.1) is 0 Å². The number of sulfonamides is 1. The van der Waals surface area contributed by atoms with Gasteiger partial charge in [-0.05, 0) is 32.0 Å². The van der Waals surface area contributed by atoms with E-state index < -0.39 is 10.0 Å². The lowest BCUT2D eigenvalue weighted by Crippen LogP contribution is -2.22. The fourth-order valence-electron chi connectivity index (χ4n) is 2.24. The third-order valence-corrected chi connectivity index (χ3v) is 5.42.